The minimum Gasteiger partial charge on any atom is -0.455 e. The molecule has 2 heterocycles. The van der Waals surface area contributed by atoms with Gasteiger partial charge in [0.25, 0.3) is 0 Å². The first-order chi connectivity index (χ1) is 32.5. The molecular formula is C63H44N2O. The second-order valence-corrected chi connectivity index (χ2v) is 18.1. The zero-order chi connectivity index (χ0) is 43.9. The quantitative estimate of drug-likeness (QED) is 0.159. The summed E-state index contributed by atoms with van der Waals surface area (Å²) >= 11 is 0. The Bertz CT molecular complexity index is 3820. The normalized spacial score (nSPS) is 12.8. The average Bonchev–Trinajstić information content (AvgIpc) is 4.00. The van der Waals surface area contributed by atoms with Crippen molar-refractivity contribution >= 4 is 60.8 Å². The van der Waals surface area contributed by atoms with Crippen molar-refractivity contribution in [3.63, 3.8) is 0 Å². The number of hydrogen-bond acceptors (Lipinski definition) is 2. The molecular weight excluding hydrogens is 801 g/mol. The van der Waals surface area contributed by atoms with E-state index >= 15 is 0 Å². The molecule has 3 heteroatoms. The Kier molecular flexibility index (Phi) is 8.56. The molecule has 0 saturated carbocycles. The van der Waals surface area contributed by atoms with Crippen molar-refractivity contribution in [1.29, 1.82) is 0 Å². The second kappa shape index (κ2) is 14.8. The molecule has 0 N–H and O–H groups in total. The van der Waals surface area contributed by atoms with Gasteiger partial charge in [0, 0.05) is 55.3 Å². The van der Waals surface area contributed by atoms with E-state index in [1.165, 1.54) is 66.3 Å². The fourth-order valence-electron chi connectivity index (χ4n) is 10.7. The summed E-state index contributed by atoms with van der Waals surface area (Å²) in [6.45, 7) is 4.74. The van der Waals surface area contributed by atoms with Gasteiger partial charge in [-0.25, -0.2) is 0 Å². The fraction of sp³-hybridized carbons (Fsp3) is 0.0476. The zero-order valence-electron chi connectivity index (χ0n) is 36.7. The van der Waals surface area contributed by atoms with Crippen molar-refractivity contribution in [1.82, 2.24) is 4.57 Å². The van der Waals surface area contributed by atoms with E-state index in [4.69, 9.17) is 4.42 Å². The third kappa shape index (κ3) is 5.97. The molecule has 10 aromatic carbocycles. The molecule has 0 aliphatic heterocycles. The SMILES string of the molecule is CC1(C)c2cc(-c3ccccc3)ccc2-c2ccc(N(c3ccc(-c4ccc5c(c4)c4ccccc4n5-c4ccccc4)cc3)c3ccc(-c4cccc5c4oc4ccccc45)cc3)cc21. The van der Waals surface area contributed by atoms with Crippen LogP contribution in [0.4, 0.5) is 17.1 Å². The number of benzene rings is 10. The number of furan rings is 1. The molecule has 66 heavy (non-hydrogen) atoms. The van der Waals surface area contributed by atoms with Crippen LogP contribution in [0.1, 0.15) is 25.0 Å². The van der Waals surface area contributed by atoms with Crippen LogP contribution in [0, 0.1) is 0 Å². The van der Waals surface area contributed by atoms with Gasteiger partial charge < -0.3 is 13.9 Å². The number of anilines is 3. The van der Waals surface area contributed by atoms with Crippen LogP contribution >= 0.6 is 0 Å². The highest BCUT2D eigenvalue weighted by Crippen LogP contribution is 2.52. The van der Waals surface area contributed by atoms with Gasteiger partial charge in [0.1, 0.15) is 11.2 Å². The fourth-order valence-corrected chi connectivity index (χ4v) is 10.7. The highest BCUT2D eigenvalue weighted by atomic mass is 16.3. The molecule has 312 valence electrons. The van der Waals surface area contributed by atoms with Gasteiger partial charge in [-0.2, -0.15) is 0 Å². The number of hydrogen-bond donors (Lipinski definition) is 0. The van der Waals surface area contributed by atoms with Crippen LogP contribution in [0.5, 0.6) is 0 Å². The highest BCUT2D eigenvalue weighted by Gasteiger charge is 2.36. The van der Waals surface area contributed by atoms with Gasteiger partial charge >= 0.3 is 0 Å². The summed E-state index contributed by atoms with van der Waals surface area (Å²) in [5.41, 5.74) is 20.8. The number of rotatable bonds is 7. The lowest BCUT2D eigenvalue weighted by atomic mass is 9.81. The van der Waals surface area contributed by atoms with Crippen LogP contribution in [0.2, 0.25) is 0 Å². The summed E-state index contributed by atoms with van der Waals surface area (Å²) in [4.78, 5) is 2.40. The summed E-state index contributed by atoms with van der Waals surface area (Å²) in [6, 6.07) is 83.8. The topological polar surface area (TPSA) is 21.3 Å². The van der Waals surface area contributed by atoms with Crippen LogP contribution < -0.4 is 4.90 Å². The third-order valence-corrected chi connectivity index (χ3v) is 14.0. The van der Waals surface area contributed by atoms with Crippen LogP contribution in [0.15, 0.2) is 235 Å². The molecule has 0 amide bonds. The summed E-state index contributed by atoms with van der Waals surface area (Å²) in [5, 5.41) is 4.76. The zero-order valence-corrected chi connectivity index (χ0v) is 36.7. The largest absolute Gasteiger partial charge is 0.455 e. The number of nitrogens with zero attached hydrogens (tertiary/aromatic N) is 2. The Morgan fingerprint density at radius 2 is 0.909 bits per heavy atom. The van der Waals surface area contributed by atoms with Gasteiger partial charge in [-0.3, -0.25) is 0 Å². The van der Waals surface area contributed by atoms with Crippen LogP contribution in [-0.2, 0) is 5.41 Å². The van der Waals surface area contributed by atoms with Crippen molar-refractivity contribution in [3.8, 4) is 50.2 Å². The van der Waals surface area contributed by atoms with E-state index in [0.29, 0.717) is 0 Å². The van der Waals surface area contributed by atoms with Gasteiger partial charge in [0.2, 0.25) is 0 Å². The molecule has 13 rings (SSSR count). The van der Waals surface area contributed by atoms with E-state index in [9.17, 15) is 0 Å². The van der Waals surface area contributed by atoms with Gasteiger partial charge in [0.05, 0.1) is 11.0 Å². The van der Waals surface area contributed by atoms with E-state index < -0.39 is 0 Å². The van der Waals surface area contributed by atoms with E-state index in [2.05, 4.69) is 242 Å². The third-order valence-electron chi connectivity index (χ3n) is 14.0. The summed E-state index contributed by atoms with van der Waals surface area (Å²) in [5.74, 6) is 0. The lowest BCUT2D eigenvalue weighted by Crippen LogP contribution is -2.16. The van der Waals surface area contributed by atoms with Crippen molar-refractivity contribution < 1.29 is 4.42 Å². The van der Waals surface area contributed by atoms with Gasteiger partial charge in [-0.1, -0.05) is 166 Å². The van der Waals surface area contributed by atoms with Gasteiger partial charge in [0.15, 0.2) is 0 Å². The Balaban J connectivity index is 0.914. The van der Waals surface area contributed by atoms with Gasteiger partial charge in [-0.15, -0.1) is 0 Å². The molecule has 1 aliphatic carbocycles. The van der Waals surface area contributed by atoms with Crippen LogP contribution in [-0.4, -0.2) is 4.57 Å². The predicted octanol–water partition coefficient (Wildman–Crippen LogP) is 17.5. The minimum absolute atomic E-state index is 0.196. The molecule has 0 atom stereocenters. The summed E-state index contributed by atoms with van der Waals surface area (Å²) in [7, 11) is 0. The lowest BCUT2D eigenvalue weighted by molar-refractivity contribution is 0.660. The second-order valence-electron chi connectivity index (χ2n) is 18.1. The van der Waals surface area contributed by atoms with E-state index in [1.54, 1.807) is 0 Å². The number of para-hydroxylation sites is 4. The molecule has 12 aromatic rings. The summed E-state index contributed by atoms with van der Waals surface area (Å²) < 4.78 is 8.85. The molecule has 0 radical (unpaired) electrons. The monoisotopic (exact) mass is 844 g/mol. The van der Waals surface area contributed by atoms with E-state index in [-0.39, 0.29) is 5.41 Å². The Hall–Kier alpha value is -8.40. The maximum absolute atomic E-state index is 6.48. The minimum atomic E-state index is -0.196. The summed E-state index contributed by atoms with van der Waals surface area (Å²) in [6.07, 6.45) is 0. The smallest absolute Gasteiger partial charge is 0.143 e. The Labute approximate surface area is 384 Å². The molecule has 0 spiro atoms. The molecule has 3 nitrogen and oxygen atoms in total. The molecule has 2 aromatic heterocycles. The van der Waals surface area contributed by atoms with Crippen molar-refractivity contribution in [2.24, 2.45) is 0 Å². The van der Waals surface area contributed by atoms with Crippen molar-refractivity contribution in [2.45, 2.75) is 19.3 Å². The molecule has 0 saturated heterocycles. The highest BCUT2D eigenvalue weighted by molar-refractivity contribution is 6.11. The Morgan fingerprint density at radius 1 is 0.364 bits per heavy atom. The van der Waals surface area contributed by atoms with E-state index in [1.807, 2.05) is 12.1 Å². The van der Waals surface area contributed by atoms with Crippen molar-refractivity contribution in [3.05, 3.63) is 242 Å². The predicted molar refractivity (Wildman–Crippen MR) is 277 cm³/mol. The van der Waals surface area contributed by atoms with Crippen LogP contribution in [0.25, 0.3) is 93.9 Å². The lowest BCUT2D eigenvalue weighted by Gasteiger charge is -2.28. The standard InChI is InChI=1S/C63H44N2O/c1-63(2)57-39-45(41-14-5-3-6-15-41)28-35-51(57)52-36-34-49(40-58(52)63)64(48-32-26-43(27-33-48)50-20-13-21-55-54-19-10-12-23-61(54)66-62(50)55)47-30-24-42(25-31-47)44-29-37-60-56(38-44)53-18-9-11-22-59(53)65(60)46-16-7-4-8-17-46/h3-40H,1-2H3. The average molecular weight is 845 g/mol. The first kappa shape index (κ1) is 38.1. The first-order valence-electron chi connectivity index (χ1n) is 22.8. The molecule has 0 fully saturated rings. The first-order valence-corrected chi connectivity index (χ1v) is 22.8. The number of fused-ring (bicyclic) bond motifs is 9. The molecule has 0 bridgehead atoms. The maximum Gasteiger partial charge on any atom is 0.143 e. The van der Waals surface area contributed by atoms with Gasteiger partial charge in [-0.05, 0) is 129 Å². The van der Waals surface area contributed by atoms with Crippen molar-refractivity contribution in [2.75, 3.05) is 4.90 Å². The molecule has 1 aliphatic rings. The number of aromatic nitrogens is 1. The Morgan fingerprint density at radius 3 is 1.68 bits per heavy atom. The van der Waals surface area contributed by atoms with Crippen LogP contribution in [0.3, 0.4) is 0 Å². The maximum atomic E-state index is 6.48. The molecule has 0 unspecified atom stereocenters. The van der Waals surface area contributed by atoms with E-state index in [0.717, 1.165) is 55.8 Å².